The fourth-order valence-corrected chi connectivity index (χ4v) is 2.95. The van der Waals surface area contributed by atoms with E-state index in [4.69, 9.17) is 16.7 Å². The second-order valence-electron chi connectivity index (χ2n) is 3.13. The van der Waals surface area contributed by atoms with Gasteiger partial charge >= 0.3 is 0 Å². The van der Waals surface area contributed by atoms with E-state index in [0.29, 0.717) is 0 Å². The van der Waals surface area contributed by atoms with Crippen molar-refractivity contribution in [2.45, 2.75) is 18.0 Å². The molecule has 0 spiro atoms. The number of aryl methyl sites for hydroxylation is 1. The Kier molecular flexibility index (Phi) is 3.72. The summed E-state index contributed by atoms with van der Waals surface area (Å²) < 4.78 is 26.9. The Morgan fingerprint density at radius 1 is 1.73 bits per heavy atom. The van der Waals surface area contributed by atoms with Crippen LogP contribution in [-0.4, -0.2) is 36.0 Å². The number of rotatable bonds is 4. The number of halogens is 1. The third-order valence-corrected chi connectivity index (χ3v) is 3.82. The molecule has 0 fully saturated rings. The minimum absolute atomic E-state index is 0.0511. The summed E-state index contributed by atoms with van der Waals surface area (Å²) in [5, 5.41) is 12.4. The Hall–Kier alpha value is -0.630. The molecule has 0 aromatic carbocycles. The molecule has 1 rings (SSSR count). The summed E-state index contributed by atoms with van der Waals surface area (Å²) in [6, 6.07) is -0.569. The Morgan fingerprint density at radius 3 is 2.73 bits per heavy atom. The highest BCUT2D eigenvalue weighted by Gasteiger charge is 2.24. The summed E-state index contributed by atoms with van der Waals surface area (Å²) in [7, 11) is -2.25. The topological polar surface area (TPSA) is 84.2 Å². The van der Waals surface area contributed by atoms with Gasteiger partial charge in [-0.15, -0.1) is 0 Å². The van der Waals surface area contributed by atoms with Crippen LogP contribution in [0.5, 0.6) is 0 Å². The van der Waals surface area contributed by atoms with E-state index < -0.39 is 16.1 Å². The Morgan fingerprint density at radius 2 is 2.33 bits per heavy atom. The molecule has 0 saturated carbocycles. The molecule has 0 aliphatic rings. The van der Waals surface area contributed by atoms with E-state index in [0.717, 1.165) is 4.68 Å². The van der Waals surface area contributed by atoms with E-state index in [1.807, 2.05) is 0 Å². The van der Waals surface area contributed by atoms with Crippen LogP contribution in [0.4, 0.5) is 0 Å². The van der Waals surface area contributed by atoms with Gasteiger partial charge in [0.2, 0.25) is 0 Å². The van der Waals surface area contributed by atoms with E-state index >= 15 is 0 Å². The van der Waals surface area contributed by atoms with Crippen molar-refractivity contribution in [2.75, 3.05) is 6.61 Å². The first-order valence-corrected chi connectivity index (χ1v) is 6.05. The lowest BCUT2D eigenvalue weighted by Gasteiger charge is -2.11. The van der Waals surface area contributed by atoms with Gasteiger partial charge in [-0.25, -0.2) is 13.1 Å². The predicted octanol–water partition coefficient (Wildman–Crippen LogP) is -0.267. The van der Waals surface area contributed by atoms with Gasteiger partial charge in [-0.05, 0) is 6.92 Å². The minimum Gasteiger partial charge on any atom is -0.395 e. The third kappa shape index (κ3) is 2.69. The number of hydrogen-bond donors (Lipinski definition) is 2. The third-order valence-electron chi connectivity index (χ3n) is 1.73. The highest BCUT2D eigenvalue weighted by molar-refractivity contribution is 7.89. The van der Waals surface area contributed by atoms with E-state index in [2.05, 4.69) is 9.82 Å². The lowest BCUT2D eigenvalue weighted by atomic mass is 10.4. The van der Waals surface area contributed by atoms with Crippen molar-refractivity contribution in [1.82, 2.24) is 14.5 Å². The molecule has 0 aliphatic heterocycles. The molecule has 0 saturated heterocycles. The second kappa shape index (κ2) is 4.48. The maximum absolute atomic E-state index is 11.7. The molecule has 1 aromatic rings. The van der Waals surface area contributed by atoms with Crippen molar-refractivity contribution in [2.24, 2.45) is 7.05 Å². The summed E-state index contributed by atoms with van der Waals surface area (Å²) >= 11 is 5.69. The van der Waals surface area contributed by atoms with Crippen molar-refractivity contribution in [3.05, 3.63) is 11.2 Å². The van der Waals surface area contributed by atoms with E-state index in [1.165, 1.54) is 13.2 Å². The zero-order valence-corrected chi connectivity index (χ0v) is 9.88. The highest BCUT2D eigenvalue weighted by atomic mass is 35.5. The van der Waals surface area contributed by atoms with Crippen LogP contribution in [0, 0.1) is 0 Å². The van der Waals surface area contributed by atoms with Gasteiger partial charge in [0.15, 0.2) is 5.03 Å². The smallest absolute Gasteiger partial charge is 0.259 e. The zero-order valence-electron chi connectivity index (χ0n) is 8.31. The largest absolute Gasteiger partial charge is 0.395 e. The van der Waals surface area contributed by atoms with Gasteiger partial charge in [0, 0.05) is 13.1 Å². The fraction of sp³-hybridized carbons (Fsp3) is 0.571. The van der Waals surface area contributed by atoms with Crippen LogP contribution < -0.4 is 4.72 Å². The molecule has 1 heterocycles. The lowest BCUT2D eigenvalue weighted by Crippen LogP contribution is -2.36. The average molecular weight is 254 g/mol. The first kappa shape index (κ1) is 12.4. The van der Waals surface area contributed by atoms with Gasteiger partial charge in [0.1, 0.15) is 0 Å². The SMILES string of the molecule is CC(CO)NS(=O)(=O)c1c(Cl)cnn1C. The first-order valence-electron chi connectivity index (χ1n) is 4.19. The first-order chi connectivity index (χ1) is 6.88. The van der Waals surface area contributed by atoms with E-state index in [1.54, 1.807) is 6.92 Å². The van der Waals surface area contributed by atoms with Crippen LogP contribution in [0.3, 0.4) is 0 Å². The van der Waals surface area contributed by atoms with Gasteiger partial charge in [-0.1, -0.05) is 11.6 Å². The molecule has 86 valence electrons. The van der Waals surface area contributed by atoms with Gasteiger partial charge < -0.3 is 5.11 Å². The number of aliphatic hydroxyl groups is 1. The quantitative estimate of drug-likeness (QED) is 0.774. The van der Waals surface area contributed by atoms with Crippen molar-refractivity contribution in [3.63, 3.8) is 0 Å². The van der Waals surface area contributed by atoms with Crippen LogP contribution in [0.2, 0.25) is 5.02 Å². The molecule has 2 N–H and O–H groups in total. The van der Waals surface area contributed by atoms with Gasteiger partial charge in [-0.2, -0.15) is 5.10 Å². The second-order valence-corrected chi connectivity index (χ2v) is 5.16. The number of aliphatic hydroxyl groups excluding tert-OH is 1. The molecule has 0 bridgehead atoms. The van der Waals surface area contributed by atoms with Crippen LogP contribution in [0.25, 0.3) is 0 Å². The van der Waals surface area contributed by atoms with Crippen LogP contribution in [0.1, 0.15) is 6.92 Å². The molecule has 0 aliphatic carbocycles. The monoisotopic (exact) mass is 253 g/mol. The van der Waals surface area contributed by atoms with Gasteiger partial charge in [0.05, 0.1) is 17.8 Å². The van der Waals surface area contributed by atoms with Crippen molar-refractivity contribution in [1.29, 1.82) is 0 Å². The molecular weight excluding hydrogens is 242 g/mol. The zero-order chi connectivity index (χ0) is 11.6. The molecular formula is C7H12ClN3O3S. The molecule has 1 unspecified atom stereocenters. The minimum atomic E-state index is -3.73. The molecule has 1 atom stereocenters. The Balaban J connectivity index is 3.07. The normalized spacial score (nSPS) is 14.1. The number of aromatic nitrogens is 2. The lowest BCUT2D eigenvalue weighted by molar-refractivity contribution is 0.265. The van der Waals surface area contributed by atoms with Crippen LogP contribution in [0.15, 0.2) is 11.2 Å². The summed E-state index contributed by atoms with van der Waals surface area (Å²) in [6.07, 6.45) is 1.25. The van der Waals surface area contributed by atoms with Crippen molar-refractivity contribution < 1.29 is 13.5 Å². The molecule has 15 heavy (non-hydrogen) atoms. The molecule has 0 amide bonds. The molecule has 0 radical (unpaired) electrons. The molecule has 1 aromatic heterocycles. The molecule has 6 nitrogen and oxygen atoms in total. The summed E-state index contributed by atoms with van der Waals surface area (Å²) in [6.45, 7) is 1.26. The highest BCUT2D eigenvalue weighted by Crippen LogP contribution is 2.19. The van der Waals surface area contributed by atoms with Gasteiger partial charge in [0.25, 0.3) is 10.0 Å². The standard InChI is InChI=1S/C7H12ClN3O3S/c1-5(4-12)10-15(13,14)7-6(8)3-9-11(7)2/h3,5,10,12H,4H2,1-2H3. The van der Waals surface area contributed by atoms with Crippen molar-refractivity contribution >= 4 is 21.6 Å². The fourth-order valence-electron chi connectivity index (χ4n) is 1.06. The number of hydrogen-bond acceptors (Lipinski definition) is 4. The average Bonchev–Trinajstić information content (AvgIpc) is 2.45. The number of sulfonamides is 1. The van der Waals surface area contributed by atoms with E-state index in [9.17, 15) is 8.42 Å². The Bertz CT molecular complexity index is 423. The van der Waals surface area contributed by atoms with E-state index in [-0.39, 0.29) is 16.7 Å². The molecule has 8 heteroatoms. The summed E-state index contributed by atoms with van der Waals surface area (Å²) in [4.78, 5) is 0. The van der Waals surface area contributed by atoms with Crippen LogP contribution >= 0.6 is 11.6 Å². The maximum atomic E-state index is 11.7. The van der Waals surface area contributed by atoms with Crippen molar-refractivity contribution in [3.8, 4) is 0 Å². The maximum Gasteiger partial charge on any atom is 0.259 e. The van der Waals surface area contributed by atoms with Gasteiger partial charge in [-0.3, -0.25) is 4.68 Å². The van der Waals surface area contributed by atoms with Crippen LogP contribution in [-0.2, 0) is 17.1 Å². The number of nitrogens with zero attached hydrogens (tertiary/aromatic N) is 2. The summed E-state index contributed by atoms with van der Waals surface area (Å²) in [5.74, 6) is 0. The Labute approximate surface area is 92.9 Å². The summed E-state index contributed by atoms with van der Waals surface area (Å²) in [5.41, 5.74) is 0. The number of nitrogens with one attached hydrogen (secondary N) is 1. The predicted molar refractivity (Wildman–Crippen MR) is 55.1 cm³/mol.